The minimum atomic E-state index is -1.07. The number of nitro groups is 1. The highest BCUT2D eigenvalue weighted by molar-refractivity contribution is 5.95. The van der Waals surface area contributed by atoms with Crippen molar-refractivity contribution >= 4 is 40.6 Å². The zero-order chi connectivity index (χ0) is 27.9. The molecule has 0 bridgehead atoms. The van der Waals surface area contributed by atoms with Gasteiger partial charge in [0.15, 0.2) is 5.92 Å². The Morgan fingerprint density at radius 3 is 1.92 bits per heavy atom. The van der Waals surface area contributed by atoms with E-state index in [1.807, 2.05) is 24.0 Å². The zero-order valence-electron chi connectivity index (χ0n) is 21.8. The van der Waals surface area contributed by atoms with Crippen LogP contribution in [0.3, 0.4) is 0 Å². The molecular formula is C26H33N5O7. The largest absolute Gasteiger partial charge is 0.465 e. The van der Waals surface area contributed by atoms with E-state index in [2.05, 4.69) is 15.5 Å². The maximum Gasteiger partial charge on any atom is 0.320 e. The SMILES string of the molecule is CCOC(=O)C(CCNC(=O)CCN(CC)c1ccc(N=Nc2ccc([N+](=O)[O-])cc2)cc1)C(=O)OCC. The van der Waals surface area contributed by atoms with Crippen LogP contribution < -0.4 is 10.2 Å². The number of carbonyl (C=O) groups is 3. The number of nitro benzene ring substituents is 1. The smallest absolute Gasteiger partial charge is 0.320 e. The lowest BCUT2D eigenvalue weighted by molar-refractivity contribution is -0.384. The molecule has 0 heterocycles. The third kappa shape index (κ3) is 9.60. The number of rotatable bonds is 15. The summed E-state index contributed by atoms with van der Waals surface area (Å²) in [5, 5.41) is 21.7. The van der Waals surface area contributed by atoms with Gasteiger partial charge in [-0.05, 0) is 63.6 Å². The first-order chi connectivity index (χ1) is 18.3. The third-order valence-corrected chi connectivity index (χ3v) is 5.44. The van der Waals surface area contributed by atoms with Gasteiger partial charge in [0.25, 0.3) is 5.69 Å². The predicted molar refractivity (Wildman–Crippen MR) is 141 cm³/mol. The first-order valence-corrected chi connectivity index (χ1v) is 12.4. The maximum atomic E-state index is 12.4. The Labute approximate surface area is 221 Å². The minimum absolute atomic E-state index is 0.0146. The number of amides is 1. The number of hydrogen-bond donors (Lipinski definition) is 1. The topological polar surface area (TPSA) is 153 Å². The lowest BCUT2D eigenvalue weighted by Gasteiger charge is -2.23. The first kappa shape index (κ1) is 29.9. The summed E-state index contributed by atoms with van der Waals surface area (Å²) in [4.78, 5) is 48.7. The Balaban J connectivity index is 1.85. The van der Waals surface area contributed by atoms with Crippen molar-refractivity contribution in [1.82, 2.24) is 5.32 Å². The van der Waals surface area contributed by atoms with Crippen molar-refractivity contribution in [2.24, 2.45) is 16.1 Å². The van der Waals surface area contributed by atoms with Gasteiger partial charge in [-0.15, -0.1) is 0 Å². The van der Waals surface area contributed by atoms with Crippen LogP contribution in [-0.2, 0) is 23.9 Å². The van der Waals surface area contributed by atoms with Crippen LogP contribution in [0.2, 0.25) is 0 Å². The fourth-order valence-electron chi connectivity index (χ4n) is 3.45. The lowest BCUT2D eigenvalue weighted by atomic mass is 10.1. The van der Waals surface area contributed by atoms with E-state index in [1.54, 1.807) is 26.0 Å². The van der Waals surface area contributed by atoms with Gasteiger partial charge in [0.05, 0.1) is 29.5 Å². The van der Waals surface area contributed by atoms with Crippen molar-refractivity contribution in [3.05, 3.63) is 58.6 Å². The van der Waals surface area contributed by atoms with E-state index >= 15 is 0 Å². The minimum Gasteiger partial charge on any atom is -0.465 e. The fourth-order valence-corrected chi connectivity index (χ4v) is 3.45. The Morgan fingerprint density at radius 2 is 1.45 bits per heavy atom. The van der Waals surface area contributed by atoms with Crippen molar-refractivity contribution in [2.45, 2.75) is 33.6 Å². The number of nitrogens with one attached hydrogen (secondary N) is 1. The standard InChI is InChI=1S/C26H33N5O7/c1-4-30(18-16-24(32)27-17-15-23(25(33)37-5-2)26(34)38-6-3)21-11-7-19(8-12-21)28-29-20-9-13-22(14-10-20)31(35)36/h7-14,23H,4-6,15-18H2,1-3H3,(H,27,32). The normalized spacial score (nSPS) is 10.8. The van der Waals surface area contributed by atoms with Gasteiger partial charge in [-0.25, -0.2) is 0 Å². The number of hydrogen-bond acceptors (Lipinski definition) is 10. The van der Waals surface area contributed by atoms with E-state index in [0.717, 1.165) is 5.69 Å². The first-order valence-electron chi connectivity index (χ1n) is 12.4. The van der Waals surface area contributed by atoms with E-state index in [-0.39, 0.29) is 44.2 Å². The summed E-state index contributed by atoms with van der Waals surface area (Å²) >= 11 is 0. The highest BCUT2D eigenvalue weighted by Crippen LogP contribution is 2.23. The molecule has 0 fully saturated rings. The predicted octanol–water partition coefficient (Wildman–Crippen LogP) is 4.48. The molecule has 2 aromatic rings. The Hall–Kier alpha value is -4.35. The van der Waals surface area contributed by atoms with E-state index in [9.17, 15) is 24.5 Å². The van der Waals surface area contributed by atoms with Crippen molar-refractivity contribution in [2.75, 3.05) is 37.7 Å². The van der Waals surface area contributed by atoms with E-state index in [1.165, 1.54) is 24.3 Å². The molecule has 12 heteroatoms. The van der Waals surface area contributed by atoms with Crippen LogP contribution in [0.1, 0.15) is 33.6 Å². The molecule has 0 aromatic heterocycles. The third-order valence-electron chi connectivity index (χ3n) is 5.44. The number of ether oxygens (including phenoxy) is 2. The van der Waals surface area contributed by atoms with Crippen LogP contribution in [0, 0.1) is 16.0 Å². The van der Waals surface area contributed by atoms with Crippen molar-refractivity contribution in [3.8, 4) is 0 Å². The molecule has 1 N–H and O–H groups in total. The number of esters is 2. The highest BCUT2D eigenvalue weighted by atomic mass is 16.6. The van der Waals surface area contributed by atoms with Crippen molar-refractivity contribution in [1.29, 1.82) is 0 Å². The second-order valence-electron chi connectivity index (χ2n) is 8.01. The molecule has 12 nitrogen and oxygen atoms in total. The molecule has 0 atom stereocenters. The summed E-state index contributed by atoms with van der Waals surface area (Å²) in [6, 6.07) is 13.1. The van der Waals surface area contributed by atoms with Crippen LogP contribution in [0.5, 0.6) is 0 Å². The summed E-state index contributed by atoms with van der Waals surface area (Å²) in [6.07, 6.45) is 0.315. The molecule has 0 aliphatic rings. The Morgan fingerprint density at radius 1 is 0.921 bits per heavy atom. The maximum absolute atomic E-state index is 12.4. The van der Waals surface area contributed by atoms with Crippen LogP contribution >= 0.6 is 0 Å². The van der Waals surface area contributed by atoms with Crippen LogP contribution in [0.15, 0.2) is 58.8 Å². The molecule has 0 radical (unpaired) electrons. The van der Waals surface area contributed by atoms with E-state index < -0.39 is 22.8 Å². The average Bonchev–Trinajstić information content (AvgIpc) is 2.91. The van der Waals surface area contributed by atoms with E-state index in [4.69, 9.17) is 9.47 Å². The Bertz CT molecular complexity index is 1090. The van der Waals surface area contributed by atoms with Crippen molar-refractivity contribution in [3.63, 3.8) is 0 Å². The molecule has 2 aromatic carbocycles. The number of non-ortho nitro benzene ring substituents is 1. The second-order valence-corrected chi connectivity index (χ2v) is 8.01. The molecule has 1 amide bonds. The number of nitrogens with zero attached hydrogens (tertiary/aromatic N) is 4. The van der Waals surface area contributed by atoms with Crippen LogP contribution in [-0.4, -0.2) is 55.6 Å². The van der Waals surface area contributed by atoms with Gasteiger partial charge in [-0.2, -0.15) is 10.2 Å². The van der Waals surface area contributed by atoms with Gasteiger partial charge in [-0.3, -0.25) is 24.5 Å². The summed E-state index contributed by atoms with van der Waals surface area (Å²) in [5.74, 6) is -2.59. The monoisotopic (exact) mass is 527 g/mol. The summed E-state index contributed by atoms with van der Waals surface area (Å²) < 4.78 is 9.87. The summed E-state index contributed by atoms with van der Waals surface area (Å²) in [7, 11) is 0. The highest BCUT2D eigenvalue weighted by Gasteiger charge is 2.29. The number of anilines is 1. The summed E-state index contributed by atoms with van der Waals surface area (Å²) in [6.45, 7) is 6.86. The molecular weight excluding hydrogens is 494 g/mol. The van der Waals surface area contributed by atoms with Gasteiger partial charge in [0.2, 0.25) is 5.91 Å². The molecule has 0 aliphatic carbocycles. The molecule has 0 saturated carbocycles. The molecule has 0 spiro atoms. The fraction of sp³-hybridized carbons (Fsp3) is 0.423. The van der Waals surface area contributed by atoms with Crippen molar-refractivity contribution < 1.29 is 28.8 Å². The molecule has 38 heavy (non-hydrogen) atoms. The van der Waals surface area contributed by atoms with Gasteiger partial charge >= 0.3 is 11.9 Å². The second kappa shape index (κ2) is 15.7. The number of benzene rings is 2. The average molecular weight is 528 g/mol. The number of carbonyl (C=O) groups excluding carboxylic acids is 3. The molecule has 204 valence electrons. The number of azo groups is 1. The Kier molecular flexibility index (Phi) is 12.3. The zero-order valence-corrected chi connectivity index (χ0v) is 21.8. The van der Waals surface area contributed by atoms with Gasteiger partial charge in [0.1, 0.15) is 0 Å². The van der Waals surface area contributed by atoms with E-state index in [0.29, 0.717) is 24.5 Å². The summed E-state index contributed by atoms with van der Waals surface area (Å²) in [5.41, 5.74) is 1.99. The molecule has 2 rings (SSSR count). The molecule has 0 saturated heterocycles. The van der Waals surface area contributed by atoms with Gasteiger partial charge < -0.3 is 19.7 Å². The molecule has 0 aliphatic heterocycles. The quantitative estimate of drug-likeness (QED) is 0.117. The molecule has 0 unspecified atom stereocenters. The van der Waals surface area contributed by atoms with Crippen LogP contribution in [0.4, 0.5) is 22.7 Å². The van der Waals surface area contributed by atoms with Gasteiger partial charge in [0, 0.05) is 43.9 Å². The lowest BCUT2D eigenvalue weighted by Crippen LogP contribution is -2.35. The van der Waals surface area contributed by atoms with Gasteiger partial charge in [-0.1, -0.05) is 0 Å². The van der Waals surface area contributed by atoms with Crippen LogP contribution in [0.25, 0.3) is 0 Å².